The van der Waals surface area contributed by atoms with E-state index in [1.165, 1.54) is 0 Å². The molecule has 0 radical (unpaired) electrons. The smallest absolute Gasteiger partial charge is 0.307 e. The van der Waals surface area contributed by atoms with Gasteiger partial charge in [0.1, 0.15) is 5.75 Å². The van der Waals surface area contributed by atoms with Gasteiger partial charge in [-0.25, -0.2) is 0 Å². The van der Waals surface area contributed by atoms with Crippen molar-refractivity contribution in [3.05, 3.63) is 27.8 Å². The quantitative estimate of drug-likeness (QED) is 0.883. The van der Waals surface area contributed by atoms with Crippen LogP contribution in [-0.2, 0) is 11.2 Å². The third-order valence-corrected chi connectivity index (χ3v) is 2.80. The number of carboxylic acids is 1. The molecule has 0 heterocycles. The number of ether oxygens (including phenoxy) is 1. The van der Waals surface area contributed by atoms with E-state index in [-0.39, 0.29) is 6.42 Å². The van der Waals surface area contributed by atoms with Gasteiger partial charge >= 0.3 is 5.97 Å². The predicted molar refractivity (Wildman–Crippen MR) is 63.4 cm³/mol. The Bertz CT molecular complexity index is 413. The highest BCUT2D eigenvalue weighted by Crippen LogP contribution is 2.32. The summed E-state index contributed by atoms with van der Waals surface area (Å²) in [6.07, 6.45) is -0.0669. The van der Waals surface area contributed by atoms with E-state index >= 15 is 0 Å². The average Bonchev–Trinajstić information content (AvgIpc) is 2.19. The van der Waals surface area contributed by atoms with Crippen LogP contribution in [0.25, 0.3) is 0 Å². The predicted octanol–water partition coefficient (Wildman–Crippen LogP) is 2.98. The molecule has 0 saturated heterocycles. The summed E-state index contributed by atoms with van der Waals surface area (Å²) in [6.45, 7) is 6.05. The van der Waals surface area contributed by atoms with Crippen LogP contribution in [0, 0.1) is 13.8 Å². The van der Waals surface area contributed by atoms with Crippen molar-refractivity contribution in [3.8, 4) is 5.75 Å². The molecule has 1 aromatic carbocycles. The molecular weight excluding hydrogens is 228 g/mol. The van der Waals surface area contributed by atoms with Gasteiger partial charge in [0.2, 0.25) is 0 Å². The first-order valence-electron chi connectivity index (χ1n) is 5.10. The normalized spacial score (nSPS) is 10.2. The van der Waals surface area contributed by atoms with Crippen molar-refractivity contribution >= 4 is 17.6 Å². The maximum Gasteiger partial charge on any atom is 0.307 e. The summed E-state index contributed by atoms with van der Waals surface area (Å²) in [5.41, 5.74) is 2.31. The zero-order valence-electron chi connectivity index (χ0n) is 9.63. The number of carboxylic acid groups (broad SMARTS) is 1. The van der Waals surface area contributed by atoms with Crippen LogP contribution in [0.5, 0.6) is 5.75 Å². The number of hydrogen-bond acceptors (Lipinski definition) is 2. The summed E-state index contributed by atoms with van der Waals surface area (Å²) in [6, 6.07) is 1.80. The van der Waals surface area contributed by atoms with Gasteiger partial charge in [-0.1, -0.05) is 11.6 Å². The number of aliphatic carboxylic acids is 1. The summed E-state index contributed by atoms with van der Waals surface area (Å²) in [4.78, 5) is 10.8. The number of hydrogen-bond donors (Lipinski definition) is 1. The van der Waals surface area contributed by atoms with Gasteiger partial charge in [0.05, 0.1) is 13.0 Å². The fourth-order valence-corrected chi connectivity index (χ4v) is 1.90. The molecule has 0 aromatic heterocycles. The van der Waals surface area contributed by atoms with Crippen molar-refractivity contribution < 1.29 is 14.6 Å². The summed E-state index contributed by atoms with van der Waals surface area (Å²) < 4.78 is 5.48. The van der Waals surface area contributed by atoms with Gasteiger partial charge in [-0.05, 0) is 38.0 Å². The summed E-state index contributed by atoms with van der Waals surface area (Å²) in [7, 11) is 0. The van der Waals surface area contributed by atoms with Crippen molar-refractivity contribution in [3.63, 3.8) is 0 Å². The lowest BCUT2D eigenvalue weighted by atomic mass is 10.0. The molecule has 0 atom stereocenters. The molecule has 0 aliphatic rings. The Morgan fingerprint density at radius 1 is 1.50 bits per heavy atom. The average molecular weight is 243 g/mol. The fourth-order valence-electron chi connectivity index (χ4n) is 1.63. The van der Waals surface area contributed by atoms with E-state index in [2.05, 4.69) is 0 Å². The zero-order chi connectivity index (χ0) is 12.3. The summed E-state index contributed by atoms with van der Waals surface area (Å²) >= 11 is 6.03. The monoisotopic (exact) mass is 242 g/mol. The minimum atomic E-state index is -0.884. The van der Waals surface area contributed by atoms with E-state index < -0.39 is 5.97 Å². The third-order valence-electron chi connectivity index (χ3n) is 2.40. The number of carbonyl (C=O) groups is 1. The van der Waals surface area contributed by atoms with Gasteiger partial charge in [0.25, 0.3) is 0 Å². The van der Waals surface area contributed by atoms with Crippen molar-refractivity contribution in [1.82, 2.24) is 0 Å². The number of rotatable bonds is 4. The fraction of sp³-hybridized carbons (Fsp3) is 0.417. The highest BCUT2D eigenvalue weighted by atomic mass is 35.5. The van der Waals surface area contributed by atoms with E-state index in [1.54, 1.807) is 6.07 Å². The lowest BCUT2D eigenvalue weighted by molar-refractivity contribution is -0.136. The molecule has 0 amide bonds. The highest BCUT2D eigenvalue weighted by molar-refractivity contribution is 6.31. The molecular formula is C12H15ClO3. The molecule has 0 fully saturated rings. The van der Waals surface area contributed by atoms with Crippen molar-refractivity contribution in [2.24, 2.45) is 0 Å². The van der Waals surface area contributed by atoms with Crippen molar-refractivity contribution in [1.29, 1.82) is 0 Å². The first-order valence-corrected chi connectivity index (χ1v) is 5.48. The SMILES string of the molecule is CCOc1c(C)cc(Cl)c(C)c1CC(=O)O. The summed E-state index contributed by atoms with van der Waals surface area (Å²) in [5.74, 6) is -0.238. The van der Waals surface area contributed by atoms with Crippen LogP contribution >= 0.6 is 11.6 Å². The van der Waals surface area contributed by atoms with E-state index in [0.717, 1.165) is 11.1 Å². The third kappa shape index (κ3) is 2.67. The molecule has 3 nitrogen and oxygen atoms in total. The molecule has 1 N–H and O–H groups in total. The molecule has 0 aliphatic carbocycles. The van der Waals surface area contributed by atoms with Crippen LogP contribution in [0.15, 0.2) is 6.07 Å². The second-order valence-electron chi connectivity index (χ2n) is 3.61. The van der Waals surface area contributed by atoms with Crippen LogP contribution in [0.2, 0.25) is 5.02 Å². The maximum atomic E-state index is 10.8. The van der Waals surface area contributed by atoms with Gasteiger partial charge in [0, 0.05) is 10.6 Å². The molecule has 0 unspecified atom stereocenters. The standard InChI is InChI=1S/C12H15ClO3/c1-4-16-12-7(2)5-10(13)8(3)9(12)6-11(14)15/h5H,4,6H2,1-3H3,(H,14,15). The van der Waals surface area contributed by atoms with E-state index in [0.29, 0.717) is 22.9 Å². The van der Waals surface area contributed by atoms with Gasteiger partial charge in [-0.2, -0.15) is 0 Å². The Morgan fingerprint density at radius 2 is 2.12 bits per heavy atom. The van der Waals surface area contributed by atoms with Crippen molar-refractivity contribution in [2.75, 3.05) is 6.61 Å². The Morgan fingerprint density at radius 3 is 2.62 bits per heavy atom. The summed E-state index contributed by atoms with van der Waals surface area (Å²) in [5, 5.41) is 9.45. The zero-order valence-corrected chi connectivity index (χ0v) is 10.4. The number of halogens is 1. The minimum Gasteiger partial charge on any atom is -0.493 e. The molecule has 0 spiro atoms. The van der Waals surface area contributed by atoms with Gasteiger partial charge in [-0.3, -0.25) is 4.79 Å². The largest absolute Gasteiger partial charge is 0.493 e. The molecule has 16 heavy (non-hydrogen) atoms. The van der Waals surface area contributed by atoms with E-state index in [9.17, 15) is 4.79 Å². The van der Waals surface area contributed by atoms with Gasteiger partial charge in [0.15, 0.2) is 0 Å². The van der Waals surface area contributed by atoms with Crippen molar-refractivity contribution in [2.45, 2.75) is 27.2 Å². The van der Waals surface area contributed by atoms with Crippen LogP contribution in [0.3, 0.4) is 0 Å². The highest BCUT2D eigenvalue weighted by Gasteiger charge is 2.16. The molecule has 0 bridgehead atoms. The molecule has 88 valence electrons. The Balaban J connectivity index is 3.32. The molecule has 0 aliphatic heterocycles. The topological polar surface area (TPSA) is 46.5 Å². The first-order chi connectivity index (χ1) is 7.47. The second-order valence-corrected chi connectivity index (χ2v) is 4.02. The minimum absolute atomic E-state index is 0.0669. The second kappa shape index (κ2) is 5.21. The van der Waals surface area contributed by atoms with E-state index in [4.69, 9.17) is 21.4 Å². The molecule has 4 heteroatoms. The maximum absolute atomic E-state index is 10.8. The molecule has 1 aromatic rings. The molecule has 0 saturated carbocycles. The van der Waals surface area contributed by atoms with Crippen LogP contribution in [0.4, 0.5) is 0 Å². The van der Waals surface area contributed by atoms with E-state index in [1.807, 2.05) is 20.8 Å². The van der Waals surface area contributed by atoms with Gasteiger partial charge in [-0.15, -0.1) is 0 Å². The number of benzene rings is 1. The Labute approximate surface area is 100.0 Å². The van der Waals surface area contributed by atoms with Crippen LogP contribution < -0.4 is 4.74 Å². The number of aryl methyl sites for hydroxylation is 1. The Kier molecular flexibility index (Phi) is 4.19. The lowest BCUT2D eigenvalue weighted by Gasteiger charge is -2.15. The van der Waals surface area contributed by atoms with Crippen LogP contribution in [-0.4, -0.2) is 17.7 Å². The van der Waals surface area contributed by atoms with Crippen LogP contribution in [0.1, 0.15) is 23.6 Å². The lowest BCUT2D eigenvalue weighted by Crippen LogP contribution is -2.07. The van der Waals surface area contributed by atoms with Gasteiger partial charge < -0.3 is 9.84 Å². The first kappa shape index (κ1) is 12.8. The molecule has 1 rings (SSSR count). The Hall–Kier alpha value is -1.22.